The number of thioether (sulfide) groups is 1. The molecular weight excluding hydrogens is 270 g/mol. The van der Waals surface area contributed by atoms with Gasteiger partial charge < -0.3 is 13.3 Å². The lowest BCUT2D eigenvalue weighted by Crippen LogP contribution is -2.42. The Bertz CT molecular complexity index is 339. The van der Waals surface area contributed by atoms with Crippen LogP contribution in [0, 0.1) is 0 Å². The van der Waals surface area contributed by atoms with Crippen LogP contribution in [0.2, 0.25) is 6.04 Å². The van der Waals surface area contributed by atoms with E-state index >= 15 is 0 Å². The molecule has 1 N–H and O–H groups in total. The molecule has 0 amide bonds. The molecule has 1 aromatic heterocycles. The molecule has 0 unspecified atom stereocenters. The largest absolute Gasteiger partial charge is 0.500 e. The van der Waals surface area contributed by atoms with Gasteiger partial charge in [0.25, 0.3) is 0 Å². The topological polar surface area (TPSA) is 69.3 Å². The van der Waals surface area contributed by atoms with Crippen LogP contribution < -0.4 is 0 Å². The Kier molecular flexibility index (Phi) is 6.86. The summed E-state index contributed by atoms with van der Waals surface area (Å²) < 4.78 is 16.1. The van der Waals surface area contributed by atoms with E-state index in [1.807, 2.05) is 6.92 Å². The summed E-state index contributed by atoms with van der Waals surface area (Å²) in [5.41, 5.74) is 0. The molecule has 8 heteroatoms. The van der Waals surface area contributed by atoms with Crippen LogP contribution in [-0.4, -0.2) is 51.1 Å². The second kappa shape index (κ2) is 7.90. The Morgan fingerprint density at radius 2 is 1.89 bits per heavy atom. The number of aromatic nitrogens is 3. The summed E-state index contributed by atoms with van der Waals surface area (Å²) in [4.78, 5) is 4.34. The third kappa shape index (κ3) is 4.36. The molecule has 0 atom stereocenters. The zero-order valence-electron chi connectivity index (χ0n) is 11.4. The van der Waals surface area contributed by atoms with Gasteiger partial charge in [-0.3, -0.25) is 5.10 Å². The molecule has 1 rings (SSSR count). The van der Waals surface area contributed by atoms with Crippen molar-refractivity contribution in [2.75, 3.05) is 27.1 Å². The molecule has 0 aromatic carbocycles. The van der Waals surface area contributed by atoms with Crippen molar-refractivity contribution >= 4 is 20.6 Å². The lowest BCUT2D eigenvalue weighted by atomic mass is 10.5. The van der Waals surface area contributed by atoms with Gasteiger partial charge in [-0.15, -0.1) is 5.10 Å². The summed E-state index contributed by atoms with van der Waals surface area (Å²) in [6.45, 7) is 2.05. The second-order valence-corrected chi connectivity index (χ2v) is 7.82. The van der Waals surface area contributed by atoms with Crippen molar-refractivity contribution in [3.05, 3.63) is 5.82 Å². The monoisotopic (exact) mass is 291 g/mol. The standard InChI is InChI=1S/C10H21N3O3SSi/c1-5-9-11-10(13-12-9)17-7-6-8-18(14-2,15-3)16-4/h5-8H2,1-4H3,(H,11,12,13). The zero-order chi connectivity index (χ0) is 13.4. The average molecular weight is 291 g/mol. The number of hydrogen-bond acceptors (Lipinski definition) is 6. The zero-order valence-corrected chi connectivity index (χ0v) is 13.2. The molecular formula is C10H21N3O3SSi. The van der Waals surface area contributed by atoms with E-state index in [1.54, 1.807) is 33.1 Å². The molecule has 0 bridgehead atoms. The van der Waals surface area contributed by atoms with E-state index in [1.165, 1.54) is 0 Å². The van der Waals surface area contributed by atoms with E-state index in [-0.39, 0.29) is 0 Å². The maximum Gasteiger partial charge on any atom is 0.500 e. The molecule has 0 saturated heterocycles. The Morgan fingerprint density at radius 1 is 1.22 bits per heavy atom. The van der Waals surface area contributed by atoms with Gasteiger partial charge in [-0.2, -0.15) is 0 Å². The maximum absolute atomic E-state index is 5.36. The number of hydrogen-bond donors (Lipinski definition) is 1. The number of rotatable bonds is 9. The minimum atomic E-state index is -2.42. The molecule has 1 heterocycles. The van der Waals surface area contributed by atoms with E-state index in [4.69, 9.17) is 13.3 Å². The Balaban J connectivity index is 2.29. The van der Waals surface area contributed by atoms with Gasteiger partial charge in [0, 0.05) is 39.5 Å². The van der Waals surface area contributed by atoms with E-state index in [9.17, 15) is 0 Å². The second-order valence-electron chi connectivity index (χ2n) is 3.67. The highest BCUT2D eigenvalue weighted by Gasteiger charge is 2.36. The van der Waals surface area contributed by atoms with Gasteiger partial charge >= 0.3 is 8.80 Å². The average Bonchev–Trinajstić information content (AvgIpc) is 2.88. The normalized spacial score (nSPS) is 12.0. The van der Waals surface area contributed by atoms with Crippen molar-refractivity contribution in [3.63, 3.8) is 0 Å². The number of aromatic amines is 1. The summed E-state index contributed by atoms with van der Waals surface area (Å²) in [6.07, 6.45) is 1.82. The molecule has 0 aliphatic heterocycles. The molecule has 0 aliphatic carbocycles. The minimum absolute atomic E-state index is 0.798. The third-order valence-corrected chi connectivity index (χ3v) is 6.40. The Morgan fingerprint density at radius 3 is 2.39 bits per heavy atom. The fraction of sp³-hybridized carbons (Fsp3) is 0.800. The summed E-state index contributed by atoms with van der Waals surface area (Å²) >= 11 is 1.63. The van der Waals surface area contributed by atoms with Crippen LogP contribution in [0.5, 0.6) is 0 Å². The van der Waals surface area contributed by atoms with Crippen molar-refractivity contribution in [1.29, 1.82) is 0 Å². The van der Waals surface area contributed by atoms with Crippen molar-refractivity contribution < 1.29 is 13.3 Å². The van der Waals surface area contributed by atoms with Crippen LogP contribution in [0.15, 0.2) is 5.16 Å². The van der Waals surface area contributed by atoms with Gasteiger partial charge in [-0.25, -0.2) is 4.98 Å². The van der Waals surface area contributed by atoms with Crippen LogP contribution in [0.4, 0.5) is 0 Å². The van der Waals surface area contributed by atoms with E-state index < -0.39 is 8.80 Å². The first kappa shape index (κ1) is 15.6. The fourth-order valence-corrected chi connectivity index (χ4v) is 4.24. The summed E-state index contributed by atoms with van der Waals surface area (Å²) in [7, 11) is 2.48. The van der Waals surface area contributed by atoms with E-state index in [0.29, 0.717) is 0 Å². The molecule has 0 fully saturated rings. The summed E-state index contributed by atoms with van der Waals surface area (Å²) in [6, 6.07) is 0.800. The van der Waals surface area contributed by atoms with Gasteiger partial charge in [0.15, 0.2) is 0 Å². The number of nitrogens with one attached hydrogen (secondary N) is 1. The van der Waals surface area contributed by atoms with Gasteiger partial charge in [-0.1, -0.05) is 18.7 Å². The maximum atomic E-state index is 5.36. The molecule has 104 valence electrons. The molecule has 6 nitrogen and oxygen atoms in total. The fourth-order valence-electron chi connectivity index (χ4n) is 1.51. The highest BCUT2D eigenvalue weighted by atomic mass is 32.2. The van der Waals surface area contributed by atoms with E-state index in [2.05, 4.69) is 15.2 Å². The van der Waals surface area contributed by atoms with Crippen LogP contribution in [0.25, 0.3) is 0 Å². The first-order chi connectivity index (χ1) is 8.69. The summed E-state index contributed by atoms with van der Waals surface area (Å²) in [5.74, 6) is 1.85. The van der Waals surface area contributed by atoms with Gasteiger partial charge in [0.1, 0.15) is 5.82 Å². The lowest BCUT2D eigenvalue weighted by molar-refractivity contribution is 0.123. The highest BCUT2D eigenvalue weighted by Crippen LogP contribution is 2.20. The Labute approximate surface area is 113 Å². The van der Waals surface area contributed by atoms with Gasteiger partial charge in [-0.05, 0) is 6.42 Å². The molecule has 0 aliphatic rings. The SMILES string of the molecule is CCc1nc(SCCC[Si](OC)(OC)OC)n[nH]1. The van der Waals surface area contributed by atoms with Gasteiger partial charge in [0.2, 0.25) is 5.16 Å². The van der Waals surface area contributed by atoms with E-state index in [0.717, 1.165) is 35.6 Å². The lowest BCUT2D eigenvalue weighted by Gasteiger charge is -2.23. The van der Waals surface area contributed by atoms with Crippen LogP contribution in [-0.2, 0) is 19.7 Å². The quantitative estimate of drug-likeness (QED) is 0.424. The molecule has 0 radical (unpaired) electrons. The number of H-pyrrole nitrogens is 1. The predicted octanol–water partition coefficient (Wildman–Crippen LogP) is 1.73. The summed E-state index contributed by atoms with van der Waals surface area (Å²) in [5, 5.41) is 7.82. The van der Waals surface area contributed by atoms with Crippen LogP contribution >= 0.6 is 11.8 Å². The predicted molar refractivity (Wildman–Crippen MR) is 72.7 cm³/mol. The van der Waals surface area contributed by atoms with Crippen LogP contribution in [0.1, 0.15) is 19.2 Å². The number of aryl methyl sites for hydroxylation is 1. The highest BCUT2D eigenvalue weighted by molar-refractivity contribution is 7.99. The third-order valence-electron chi connectivity index (χ3n) is 2.64. The smallest absolute Gasteiger partial charge is 0.377 e. The molecule has 0 spiro atoms. The van der Waals surface area contributed by atoms with Gasteiger partial charge in [0.05, 0.1) is 0 Å². The first-order valence-electron chi connectivity index (χ1n) is 5.89. The van der Waals surface area contributed by atoms with Crippen molar-refractivity contribution in [3.8, 4) is 0 Å². The Hall–Kier alpha value is -0.413. The van der Waals surface area contributed by atoms with Crippen molar-refractivity contribution in [2.45, 2.75) is 31.0 Å². The first-order valence-corrected chi connectivity index (χ1v) is 8.81. The minimum Gasteiger partial charge on any atom is -0.377 e. The number of nitrogens with zero attached hydrogens (tertiary/aromatic N) is 2. The van der Waals surface area contributed by atoms with Crippen LogP contribution in [0.3, 0.4) is 0 Å². The molecule has 1 aromatic rings. The molecule has 18 heavy (non-hydrogen) atoms. The van der Waals surface area contributed by atoms with Crippen molar-refractivity contribution in [1.82, 2.24) is 15.2 Å². The van der Waals surface area contributed by atoms with Crippen molar-refractivity contribution in [2.24, 2.45) is 0 Å². The molecule has 0 saturated carbocycles.